The Bertz CT molecular complexity index is 574. The Morgan fingerprint density at radius 3 is 1.13 bits per heavy atom. The van der Waals surface area contributed by atoms with E-state index >= 15 is 0 Å². The first kappa shape index (κ1) is 47.4. The minimum absolute atomic E-state index is 0.00173. The number of allylic oxidation sites excluding steroid dienone is 4. The number of aliphatic hydroxyl groups excluding tert-OH is 2. The first-order chi connectivity index (χ1) is 22.6. The van der Waals surface area contributed by atoms with E-state index in [-0.39, 0.29) is 18.8 Å². The number of hydrogen-bond acceptors (Lipinski definition) is 4. The highest BCUT2D eigenvalue weighted by Gasteiger charge is 1.99. The van der Waals surface area contributed by atoms with E-state index in [1.54, 1.807) is 6.92 Å². The van der Waals surface area contributed by atoms with Crippen LogP contribution < -0.4 is 0 Å². The molecule has 0 radical (unpaired) electrons. The Labute approximate surface area is 289 Å². The van der Waals surface area contributed by atoms with E-state index in [1.807, 2.05) is 6.92 Å². The van der Waals surface area contributed by atoms with E-state index in [9.17, 15) is 0 Å². The minimum atomic E-state index is -0.330. The number of aliphatic hydroxyl groups is 2. The SMILES string of the molecule is CCCCCCCC/C=C\CCCCCCCCOC(C)CO.CCCCCCCC/C=C\CCCCCCCCOCC(C)O. The maximum atomic E-state index is 9.06. The van der Waals surface area contributed by atoms with Crippen molar-refractivity contribution < 1.29 is 19.7 Å². The van der Waals surface area contributed by atoms with Crippen molar-refractivity contribution in [2.45, 2.75) is 220 Å². The van der Waals surface area contributed by atoms with Gasteiger partial charge in [0.05, 0.1) is 25.4 Å². The molecule has 0 saturated carbocycles. The lowest BCUT2D eigenvalue weighted by Crippen LogP contribution is -2.13. The first-order valence-corrected chi connectivity index (χ1v) is 20.4. The van der Waals surface area contributed by atoms with Crippen LogP contribution in [0, 0.1) is 0 Å². The fraction of sp³-hybridized carbons (Fsp3) is 0.905. The summed E-state index contributed by atoms with van der Waals surface area (Å²) in [5, 5.41) is 17.9. The van der Waals surface area contributed by atoms with Gasteiger partial charge in [0.1, 0.15) is 0 Å². The summed E-state index contributed by atoms with van der Waals surface area (Å²) in [6.07, 6.45) is 46.5. The predicted molar refractivity (Wildman–Crippen MR) is 204 cm³/mol. The van der Waals surface area contributed by atoms with Crippen LogP contribution in [0.15, 0.2) is 24.3 Å². The van der Waals surface area contributed by atoms with Gasteiger partial charge in [-0.1, -0.05) is 154 Å². The predicted octanol–water partition coefficient (Wildman–Crippen LogP) is 12.8. The standard InChI is InChI=1S/2C21H42O2/c1-3-4-5-6-7-8-9-10-11-12-13-14-15-16-17-18-19-23-20-21(2)22;1-3-4-5-6-7-8-9-10-11-12-13-14-15-16-17-18-19-23-21(2)20-22/h2*10-11,21-22H,3-9,12-20H2,1-2H3/b2*11-10-. The van der Waals surface area contributed by atoms with Gasteiger partial charge in [-0.25, -0.2) is 0 Å². The molecule has 0 aliphatic rings. The van der Waals surface area contributed by atoms with E-state index in [2.05, 4.69) is 38.2 Å². The Kier molecular flexibility index (Phi) is 45.7. The van der Waals surface area contributed by atoms with Crippen molar-refractivity contribution in [3.05, 3.63) is 24.3 Å². The summed E-state index contributed by atoms with van der Waals surface area (Å²) in [5.41, 5.74) is 0. The van der Waals surface area contributed by atoms with Gasteiger partial charge in [-0.2, -0.15) is 0 Å². The van der Waals surface area contributed by atoms with Crippen LogP contribution in [0.25, 0.3) is 0 Å². The third kappa shape index (κ3) is 47.7. The largest absolute Gasteiger partial charge is 0.394 e. The van der Waals surface area contributed by atoms with E-state index in [4.69, 9.17) is 19.7 Å². The molecule has 2 unspecified atom stereocenters. The van der Waals surface area contributed by atoms with Crippen LogP contribution in [0.1, 0.15) is 207 Å². The van der Waals surface area contributed by atoms with Gasteiger partial charge in [-0.15, -0.1) is 0 Å². The van der Waals surface area contributed by atoms with Crippen LogP contribution >= 0.6 is 0 Å². The lowest BCUT2D eigenvalue weighted by molar-refractivity contribution is 0.0231. The summed E-state index contributed by atoms with van der Waals surface area (Å²) in [6.45, 7) is 10.4. The van der Waals surface area contributed by atoms with Crippen LogP contribution in [0.3, 0.4) is 0 Å². The van der Waals surface area contributed by atoms with Gasteiger partial charge < -0.3 is 19.7 Å². The smallest absolute Gasteiger partial charge is 0.0777 e. The summed E-state index contributed by atoms with van der Waals surface area (Å²) < 4.78 is 10.8. The molecule has 0 bridgehead atoms. The molecular weight excluding hydrogens is 568 g/mol. The molecule has 0 saturated heterocycles. The zero-order valence-corrected chi connectivity index (χ0v) is 31.8. The second-order valence-corrected chi connectivity index (χ2v) is 13.7. The number of ether oxygens (including phenoxy) is 2. The quantitative estimate of drug-likeness (QED) is 0.0522. The van der Waals surface area contributed by atoms with Crippen molar-refractivity contribution in [1.82, 2.24) is 0 Å². The topological polar surface area (TPSA) is 58.9 Å². The molecule has 0 fully saturated rings. The minimum Gasteiger partial charge on any atom is -0.394 e. The fourth-order valence-electron chi connectivity index (χ4n) is 5.39. The molecule has 0 aromatic heterocycles. The molecule has 0 aliphatic heterocycles. The van der Waals surface area contributed by atoms with Crippen LogP contribution in [0.4, 0.5) is 0 Å². The Hall–Kier alpha value is -0.680. The van der Waals surface area contributed by atoms with Gasteiger partial charge in [-0.3, -0.25) is 0 Å². The Morgan fingerprint density at radius 2 is 0.783 bits per heavy atom. The van der Waals surface area contributed by atoms with E-state index in [0.29, 0.717) is 6.61 Å². The van der Waals surface area contributed by atoms with Gasteiger partial charge in [0.2, 0.25) is 0 Å². The molecule has 0 spiro atoms. The lowest BCUT2D eigenvalue weighted by Gasteiger charge is -2.09. The zero-order valence-electron chi connectivity index (χ0n) is 31.8. The summed E-state index contributed by atoms with van der Waals surface area (Å²) in [7, 11) is 0. The summed E-state index contributed by atoms with van der Waals surface area (Å²) in [6, 6.07) is 0. The van der Waals surface area contributed by atoms with Gasteiger partial charge in [0, 0.05) is 13.2 Å². The average Bonchev–Trinajstić information content (AvgIpc) is 3.05. The van der Waals surface area contributed by atoms with Crippen molar-refractivity contribution in [2.75, 3.05) is 26.4 Å². The molecule has 46 heavy (non-hydrogen) atoms. The molecule has 4 nitrogen and oxygen atoms in total. The normalized spacial score (nSPS) is 13.0. The third-order valence-electron chi connectivity index (χ3n) is 8.48. The maximum absolute atomic E-state index is 9.06. The lowest BCUT2D eigenvalue weighted by atomic mass is 10.1. The van der Waals surface area contributed by atoms with Crippen molar-refractivity contribution in [1.29, 1.82) is 0 Å². The van der Waals surface area contributed by atoms with Crippen LogP contribution in [-0.2, 0) is 9.47 Å². The van der Waals surface area contributed by atoms with E-state index in [1.165, 1.54) is 167 Å². The third-order valence-corrected chi connectivity index (χ3v) is 8.48. The maximum Gasteiger partial charge on any atom is 0.0777 e. The second-order valence-electron chi connectivity index (χ2n) is 13.7. The average molecular weight is 653 g/mol. The molecule has 0 aliphatic carbocycles. The van der Waals surface area contributed by atoms with Gasteiger partial charge in [0.25, 0.3) is 0 Å². The monoisotopic (exact) mass is 653 g/mol. The molecule has 0 amide bonds. The highest BCUT2D eigenvalue weighted by molar-refractivity contribution is 4.82. The highest BCUT2D eigenvalue weighted by Crippen LogP contribution is 2.11. The molecule has 0 heterocycles. The van der Waals surface area contributed by atoms with Crippen molar-refractivity contribution >= 4 is 0 Å². The highest BCUT2D eigenvalue weighted by atomic mass is 16.5. The molecule has 2 N–H and O–H groups in total. The van der Waals surface area contributed by atoms with Crippen molar-refractivity contribution in [3.8, 4) is 0 Å². The molecule has 0 aromatic carbocycles. The van der Waals surface area contributed by atoms with Crippen LogP contribution in [-0.4, -0.2) is 48.8 Å². The van der Waals surface area contributed by atoms with Gasteiger partial charge in [-0.05, 0) is 78.1 Å². The molecule has 2 atom stereocenters. The molecule has 0 aromatic rings. The summed E-state index contributed by atoms with van der Waals surface area (Å²) >= 11 is 0. The van der Waals surface area contributed by atoms with E-state index < -0.39 is 0 Å². The van der Waals surface area contributed by atoms with Gasteiger partial charge >= 0.3 is 0 Å². The van der Waals surface area contributed by atoms with Crippen molar-refractivity contribution in [2.24, 2.45) is 0 Å². The molecular formula is C42H84O4. The molecule has 4 heteroatoms. The first-order valence-electron chi connectivity index (χ1n) is 20.4. The number of rotatable bonds is 36. The van der Waals surface area contributed by atoms with Crippen LogP contribution in [0.5, 0.6) is 0 Å². The van der Waals surface area contributed by atoms with Crippen molar-refractivity contribution in [3.63, 3.8) is 0 Å². The summed E-state index contributed by atoms with van der Waals surface area (Å²) in [4.78, 5) is 0. The number of unbranched alkanes of at least 4 members (excludes halogenated alkanes) is 24. The molecule has 0 rings (SSSR count). The Balaban J connectivity index is 0. The second kappa shape index (κ2) is 44.3. The molecule has 276 valence electrons. The van der Waals surface area contributed by atoms with Gasteiger partial charge in [0.15, 0.2) is 0 Å². The van der Waals surface area contributed by atoms with E-state index in [0.717, 1.165) is 26.1 Å². The summed E-state index contributed by atoms with van der Waals surface area (Å²) in [5.74, 6) is 0. The zero-order chi connectivity index (χ0) is 34.0. The number of hydrogen-bond donors (Lipinski definition) is 2. The Morgan fingerprint density at radius 1 is 0.457 bits per heavy atom. The fourth-order valence-corrected chi connectivity index (χ4v) is 5.39. The van der Waals surface area contributed by atoms with Crippen LogP contribution in [0.2, 0.25) is 0 Å².